The van der Waals surface area contributed by atoms with Gasteiger partial charge in [-0.1, -0.05) is 43.3 Å². The van der Waals surface area contributed by atoms with Gasteiger partial charge in [0.05, 0.1) is 6.54 Å². The van der Waals surface area contributed by atoms with Crippen molar-refractivity contribution in [1.29, 1.82) is 0 Å². The van der Waals surface area contributed by atoms with Crippen LogP contribution in [0.3, 0.4) is 0 Å². The number of hydrogen-bond donors (Lipinski definition) is 1. The largest absolute Gasteiger partial charge is 0.349 e. The van der Waals surface area contributed by atoms with Gasteiger partial charge in [-0.05, 0) is 37.8 Å². The zero-order chi connectivity index (χ0) is 18.4. The maximum Gasteiger partial charge on any atom is 0.234 e. The Morgan fingerprint density at radius 2 is 2.04 bits per heavy atom. The van der Waals surface area contributed by atoms with Crippen molar-refractivity contribution in [2.75, 3.05) is 19.3 Å². The summed E-state index contributed by atoms with van der Waals surface area (Å²) in [5, 5.41) is 3.98. The molecule has 1 aromatic carbocycles. The third-order valence-corrected chi connectivity index (χ3v) is 5.16. The minimum absolute atomic E-state index is 0.0823. The van der Waals surface area contributed by atoms with Crippen LogP contribution in [-0.2, 0) is 14.6 Å². The molecular weight excluding hydrogens is 336 g/mol. The number of nitrogens with one attached hydrogen (secondary N) is 1. The molecule has 1 aliphatic heterocycles. The maximum absolute atomic E-state index is 12.4. The summed E-state index contributed by atoms with van der Waals surface area (Å²) in [6.07, 6.45) is 4.76. The Labute approximate surface area is 151 Å². The molecule has 0 aliphatic carbocycles. The Morgan fingerprint density at radius 1 is 1.36 bits per heavy atom. The number of amides is 1. The van der Waals surface area contributed by atoms with Gasteiger partial charge in [0.1, 0.15) is 0 Å². The van der Waals surface area contributed by atoms with Crippen LogP contribution in [0.5, 0.6) is 0 Å². The van der Waals surface area contributed by atoms with Gasteiger partial charge in [-0.15, -0.1) is 0 Å². The minimum atomic E-state index is -3.18. The summed E-state index contributed by atoms with van der Waals surface area (Å²) in [6, 6.07) is 10.2. The van der Waals surface area contributed by atoms with Crippen molar-refractivity contribution in [1.82, 2.24) is 10.2 Å². The van der Waals surface area contributed by atoms with Gasteiger partial charge in [-0.3, -0.25) is 9.69 Å². The van der Waals surface area contributed by atoms with Crippen molar-refractivity contribution >= 4 is 15.7 Å². The fourth-order valence-corrected chi connectivity index (χ4v) is 3.72. The van der Waals surface area contributed by atoms with E-state index in [9.17, 15) is 13.2 Å². The van der Waals surface area contributed by atoms with Crippen LogP contribution in [0.25, 0.3) is 0 Å². The Morgan fingerprint density at radius 3 is 2.68 bits per heavy atom. The number of sulfone groups is 1. The SMILES string of the molecule is CC(/C=C\S(C)(=O)=O)NC(=O)CN1CC[C@@H](C)C[C@H]1c1ccccc1. The van der Waals surface area contributed by atoms with E-state index in [2.05, 4.69) is 29.3 Å². The van der Waals surface area contributed by atoms with Crippen molar-refractivity contribution in [3.8, 4) is 0 Å². The number of carbonyl (C=O) groups is 1. The van der Waals surface area contributed by atoms with E-state index in [0.717, 1.165) is 31.1 Å². The fourth-order valence-electron chi connectivity index (χ4n) is 3.19. The molecule has 25 heavy (non-hydrogen) atoms. The van der Waals surface area contributed by atoms with E-state index in [1.54, 1.807) is 6.92 Å². The number of benzene rings is 1. The summed E-state index contributed by atoms with van der Waals surface area (Å²) in [5.41, 5.74) is 1.24. The Kier molecular flexibility index (Phi) is 6.79. The molecule has 0 aromatic heterocycles. The quantitative estimate of drug-likeness (QED) is 0.842. The number of rotatable bonds is 6. The predicted octanol–water partition coefficient (Wildman–Crippen LogP) is 2.52. The maximum atomic E-state index is 12.4. The van der Waals surface area contributed by atoms with Gasteiger partial charge >= 0.3 is 0 Å². The lowest BCUT2D eigenvalue weighted by atomic mass is 9.88. The van der Waals surface area contributed by atoms with Crippen LogP contribution in [-0.4, -0.2) is 44.6 Å². The molecule has 1 unspecified atom stereocenters. The number of carbonyl (C=O) groups excluding carboxylic acids is 1. The van der Waals surface area contributed by atoms with Crippen LogP contribution >= 0.6 is 0 Å². The fraction of sp³-hybridized carbons (Fsp3) is 0.526. The minimum Gasteiger partial charge on any atom is -0.349 e. The predicted molar refractivity (Wildman–Crippen MR) is 101 cm³/mol. The van der Waals surface area contributed by atoms with Gasteiger partial charge in [0.2, 0.25) is 5.91 Å². The first-order valence-corrected chi connectivity index (χ1v) is 10.7. The summed E-state index contributed by atoms with van der Waals surface area (Å²) < 4.78 is 22.3. The summed E-state index contributed by atoms with van der Waals surface area (Å²) in [6.45, 7) is 5.24. The highest BCUT2D eigenvalue weighted by Crippen LogP contribution is 2.33. The number of nitrogens with zero attached hydrogens (tertiary/aromatic N) is 1. The van der Waals surface area contributed by atoms with Crippen LogP contribution in [0.1, 0.15) is 38.3 Å². The lowest BCUT2D eigenvalue weighted by Gasteiger charge is -2.38. The highest BCUT2D eigenvalue weighted by atomic mass is 32.2. The second-order valence-electron chi connectivity index (χ2n) is 7.04. The summed E-state index contributed by atoms with van der Waals surface area (Å²) in [4.78, 5) is 14.6. The second kappa shape index (κ2) is 8.63. The van der Waals surface area contributed by atoms with Gasteiger partial charge in [-0.2, -0.15) is 0 Å². The average molecular weight is 365 g/mol. The molecule has 1 fully saturated rings. The molecule has 1 aromatic rings. The molecular formula is C19H28N2O3S. The molecule has 1 saturated heterocycles. The van der Waals surface area contributed by atoms with Crippen LogP contribution in [0.15, 0.2) is 41.8 Å². The smallest absolute Gasteiger partial charge is 0.234 e. The highest BCUT2D eigenvalue weighted by Gasteiger charge is 2.28. The lowest BCUT2D eigenvalue weighted by molar-refractivity contribution is -0.123. The van der Waals surface area contributed by atoms with Gasteiger partial charge in [0.25, 0.3) is 0 Å². The Bertz CT molecular complexity index is 701. The third kappa shape index (κ3) is 6.63. The van der Waals surface area contributed by atoms with E-state index in [0.29, 0.717) is 12.5 Å². The van der Waals surface area contributed by atoms with Crippen molar-refractivity contribution < 1.29 is 13.2 Å². The van der Waals surface area contributed by atoms with E-state index in [4.69, 9.17) is 0 Å². The van der Waals surface area contributed by atoms with Crippen molar-refractivity contribution in [3.05, 3.63) is 47.4 Å². The van der Waals surface area contributed by atoms with Gasteiger partial charge in [0, 0.05) is 23.7 Å². The van der Waals surface area contributed by atoms with E-state index in [1.807, 2.05) is 18.2 Å². The first-order chi connectivity index (χ1) is 11.7. The number of hydrogen-bond acceptors (Lipinski definition) is 4. The molecule has 2 rings (SSSR count). The molecule has 0 spiro atoms. The van der Waals surface area contributed by atoms with Crippen molar-refractivity contribution in [3.63, 3.8) is 0 Å². The molecule has 138 valence electrons. The number of piperidine rings is 1. The topological polar surface area (TPSA) is 66.5 Å². The van der Waals surface area contributed by atoms with Gasteiger partial charge in [-0.25, -0.2) is 8.42 Å². The van der Waals surface area contributed by atoms with Crippen LogP contribution in [0, 0.1) is 5.92 Å². The molecule has 0 radical (unpaired) electrons. The molecule has 6 heteroatoms. The van der Waals surface area contributed by atoms with E-state index < -0.39 is 9.84 Å². The highest BCUT2D eigenvalue weighted by molar-refractivity contribution is 7.93. The Balaban J connectivity index is 1.99. The number of likely N-dealkylation sites (tertiary alicyclic amines) is 1. The lowest BCUT2D eigenvalue weighted by Crippen LogP contribution is -2.44. The molecule has 0 saturated carbocycles. The first kappa shape index (κ1) is 19.7. The summed E-state index contributed by atoms with van der Waals surface area (Å²) in [7, 11) is -3.18. The van der Waals surface area contributed by atoms with Crippen LogP contribution in [0.2, 0.25) is 0 Å². The van der Waals surface area contributed by atoms with Gasteiger partial charge in [0.15, 0.2) is 9.84 Å². The Hall–Kier alpha value is -1.66. The monoisotopic (exact) mass is 364 g/mol. The molecule has 1 heterocycles. The standard InChI is InChI=1S/C19H28N2O3S/c1-15-9-11-21(18(13-15)17-7-5-4-6-8-17)14-19(22)20-16(2)10-12-25(3,23)24/h4-8,10,12,15-16,18H,9,11,13-14H2,1-3H3,(H,20,22)/b12-10-/t15-,16?,18+/m1/s1. The summed E-state index contributed by atoms with van der Waals surface area (Å²) in [5.74, 6) is 0.558. The normalized spacial score (nSPS) is 23.5. The van der Waals surface area contributed by atoms with Gasteiger partial charge < -0.3 is 5.32 Å². The summed E-state index contributed by atoms with van der Waals surface area (Å²) >= 11 is 0. The van der Waals surface area contributed by atoms with Crippen molar-refractivity contribution in [2.45, 2.75) is 38.8 Å². The molecule has 1 aliphatic rings. The first-order valence-electron chi connectivity index (χ1n) is 8.71. The average Bonchev–Trinajstić information content (AvgIpc) is 2.55. The van der Waals surface area contributed by atoms with E-state index in [1.165, 1.54) is 11.6 Å². The van der Waals surface area contributed by atoms with E-state index >= 15 is 0 Å². The molecule has 1 N–H and O–H groups in total. The molecule has 1 amide bonds. The third-order valence-electron chi connectivity index (χ3n) is 4.51. The zero-order valence-electron chi connectivity index (χ0n) is 15.2. The van der Waals surface area contributed by atoms with Crippen LogP contribution in [0.4, 0.5) is 0 Å². The van der Waals surface area contributed by atoms with Crippen LogP contribution < -0.4 is 5.32 Å². The molecule has 5 nitrogen and oxygen atoms in total. The second-order valence-corrected chi connectivity index (χ2v) is 8.97. The zero-order valence-corrected chi connectivity index (χ0v) is 16.0. The molecule has 0 bridgehead atoms. The van der Waals surface area contributed by atoms with Crippen molar-refractivity contribution in [2.24, 2.45) is 5.92 Å². The van der Waals surface area contributed by atoms with E-state index in [-0.39, 0.29) is 18.0 Å². The molecule has 3 atom stereocenters.